The summed E-state index contributed by atoms with van der Waals surface area (Å²) in [5.74, 6) is -0.277. The summed E-state index contributed by atoms with van der Waals surface area (Å²) in [7, 11) is 0. The molecule has 0 aliphatic heterocycles. The van der Waals surface area contributed by atoms with Crippen LogP contribution in [0.1, 0.15) is 37.7 Å². The molecule has 186 valence electrons. The highest BCUT2D eigenvalue weighted by Gasteiger charge is 2.31. The molecule has 0 atom stereocenters. The minimum Gasteiger partial charge on any atom is -0.406 e. The molecule has 1 fully saturated rings. The first-order valence-electron chi connectivity index (χ1n) is 11.7. The Morgan fingerprint density at radius 3 is 2.61 bits per heavy atom. The number of rotatable bonds is 5. The van der Waals surface area contributed by atoms with Gasteiger partial charge in [0.05, 0.1) is 18.1 Å². The van der Waals surface area contributed by atoms with E-state index in [4.69, 9.17) is 0 Å². The van der Waals surface area contributed by atoms with Crippen LogP contribution >= 0.6 is 0 Å². The number of hydrogen-bond donors (Lipinski definition) is 2. The van der Waals surface area contributed by atoms with E-state index in [0.717, 1.165) is 47.7 Å². The number of halogens is 3. The van der Waals surface area contributed by atoms with Crippen molar-refractivity contribution in [2.24, 2.45) is 5.10 Å². The smallest absolute Gasteiger partial charge is 0.406 e. The largest absolute Gasteiger partial charge is 0.573 e. The number of aromatic nitrogens is 2. The Balaban J connectivity index is 1.30. The van der Waals surface area contributed by atoms with E-state index in [0.29, 0.717) is 11.2 Å². The molecule has 0 saturated heterocycles. The minimum absolute atomic E-state index is 0.211. The van der Waals surface area contributed by atoms with E-state index >= 15 is 0 Å². The summed E-state index contributed by atoms with van der Waals surface area (Å²) in [6.45, 7) is 0. The molecule has 0 bridgehead atoms. The van der Waals surface area contributed by atoms with Crippen LogP contribution < -0.4 is 15.5 Å². The van der Waals surface area contributed by atoms with Gasteiger partial charge in [-0.1, -0.05) is 25.3 Å². The average molecular weight is 496 g/mol. The maximum atomic E-state index is 12.4. The fourth-order valence-electron chi connectivity index (χ4n) is 4.54. The van der Waals surface area contributed by atoms with Crippen LogP contribution in [0.3, 0.4) is 0 Å². The number of alkyl halides is 3. The van der Waals surface area contributed by atoms with Gasteiger partial charge in [0.15, 0.2) is 0 Å². The first-order valence-corrected chi connectivity index (χ1v) is 11.7. The number of amides is 2. The third kappa shape index (κ3) is 5.42. The molecule has 2 amide bonds. The zero-order valence-electron chi connectivity index (χ0n) is 19.3. The van der Waals surface area contributed by atoms with Gasteiger partial charge in [-0.15, -0.1) is 13.2 Å². The van der Waals surface area contributed by atoms with Gasteiger partial charge in [-0.3, -0.25) is 4.40 Å². The quantitative estimate of drug-likeness (QED) is 0.263. The number of nitrogens with one attached hydrogen (secondary N) is 2. The van der Waals surface area contributed by atoms with Gasteiger partial charge in [-0.2, -0.15) is 5.10 Å². The van der Waals surface area contributed by atoms with Gasteiger partial charge < -0.3 is 10.1 Å². The lowest BCUT2D eigenvalue weighted by atomic mass is 9.96. The summed E-state index contributed by atoms with van der Waals surface area (Å²) >= 11 is 0. The van der Waals surface area contributed by atoms with Gasteiger partial charge in [-0.25, -0.2) is 15.2 Å². The Hall–Kier alpha value is -4.08. The van der Waals surface area contributed by atoms with Crippen LogP contribution in [0.2, 0.25) is 0 Å². The molecule has 0 radical (unpaired) electrons. The van der Waals surface area contributed by atoms with E-state index in [1.165, 1.54) is 18.6 Å². The van der Waals surface area contributed by atoms with Gasteiger partial charge in [0.1, 0.15) is 11.4 Å². The molecule has 2 heterocycles. The van der Waals surface area contributed by atoms with E-state index < -0.39 is 6.36 Å². The van der Waals surface area contributed by atoms with Crippen molar-refractivity contribution in [1.29, 1.82) is 0 Å². The lowest BCUT2D eigenvalue weighted by Crippen LogP contribution is -2.41. The maximum Gasteiger partial charge on any atom is 0.573 e. The zero-order valence-corrected chi connectivity index (χ0v) is 19.3. The van der Waals surface area contributed by atoms with E-state index in [1.54, 1.807) is 24.5 Å². The summed E-state index contributed by atoms with van der Waals surface area (Å²) < 4.78 is 43.1. The number of carbonyl (C=O) groups is 1. The predicted octanol–water partition coefficient (Wildman–Crippen LogP) is 6.02. The third-order valence-corrected chi connectivity index (χ3v) is 6.22. The first-order chi connectivity index (χ1) is 17.4. The highest BCUT2D eigenvalue weighted by molar-refractivity contribution is 5.98. The standard InChI is InChI=1S/C26H24F3N5O2/c27-26(28,29)36-21-9-7-18(8-10-21)23-16-30-24-22-11-6-17(14-19(22)12-13-34(23)24)15-31-33-25(35)32-20-4-2-1-3-5-20/h6-16,20H,1-5H2,(H2,32,33,35)/b31-15+. The second kappa shape index (κ2) is 9.88. The van der Waals surface area contributed by atoms with Crippen LogP contribution in [-0.4, -0.2) is 34.0 Å². The highest BCUT2D eigenvalue weighted by Crippen LogP contribution is 2.29. The fraction of sp³-hybridized carbons (Fsp3) is 0.269. The molecule has 4 aromatic rings. The number of carbonyl (C=O) groups excluding carboxylic acids is 1. The van der Waals surface area contributed by atoms with E-state index in [-0.39, 0.29) is 17.8 Å². The maximum absolute atomic E-state index is 12.4. The van der Waals surface area contributed by atoms with Gasteiger partial charge in [-0.05, 0) is 66.3 Å². The van der Waals surface area contributed by atoms with Crippen LogP contribution in [0.4, 0.5) is 18.0 Å². The van der Waals surface area contributed by atoms with E-state index in [2.05, 4.69) is 25.6 Å². The SMILES string of the molecule is O=C(N/N=C/c1ccc2c(ccn3c(-c4ccc(OC(F)(F)F)cc4)cnc23)c1)NC1CCCCC1. The van der Waals surface area contributed by atoms with Crippen molar-refractivity contribution >= 4 is 28.7 Å². The Morgan fingerprint density at radius 2 is 1.86 bits per heavy atom. The average Bonchev–Trinajstić information content (AvgIpc) is 3.29. The topological polar surface area (TPSA) is 80.0 Å². The second-order valence-electron chi connectivity index (χ2n) is 8.75. The highest BCUT2D eigenvalue weighted by atomic mass is 19.4. The van der Waals surface area contributed by atoms with Crippen LogP contribution in [0.5, 0.6) is 5.75 Å². The Kier molecular flexibility index (Phi) is 6.49. The molecule has 1 saturated carbocycles. The number of ether oxygens (including phenoxy) is 1. The van der Waals surface area contributed by atoms with Crippen molar-refractivity contribution in [2.75, 3.05) is 0 Å². The molecule has 1 aliphatic carbocycles. The van der Waals surface area contributed by atoms with Gasteiger partial charge in [0, 0.05) is 23.2 Å². The van der Waals surface area contributed by atoms with Crippen molar-refractivity contribution in [3.05, 3.63) is 66.5 Å². The Bertz CT molecular complexity index is 1410. The molecular weight excluding hydrogens is 471 g/mol. The summed E-state index contributed by atoms with van der Waals surface area (Å²) in [6.07, 6.45) is 5.90. The lowest BCUT2D eigenvalue weighted by molar-refractivity contribution is -0.274. The molecule has 5 rings (SSSR count). The van der Waals surface area contributed by atoms with E-state index in [9.17, 15) is 18.0 Å². The predicted molar refractivity (Wildman–Crippen MR) is 131 cm³/mol. The molecule has 36 heavy (non-hydrogen) atoms. The Morgan fingerprint density at radius 1 is 1.08 bits per heavy atom. The third-order valence-electron chi connectivity index (χ3n) is 6.22. The number of hydrazone groups is 1. The van der Waals surface area contributed by atoms with Crippen molar-refractivity contribution in [1.82, 2.24) is 20.1 Å². The number of fused-ring (bicyclic) bond motifs is 3. The summed E-state index contributed by atoms with van der Waals surface area (Å²) in [5, 5.41) is 8.85. The molecular formula is C26H24F3N5O2. The normalized spacial score (nSPS) is 15.0. The van der Waals surface area contributed by atoms with E-state index in [1.807, 2.05) is 34.9 Å². The molecule has 0 unspecified atom stereocenters. The minimum atomic E-state index is -4.73. The van der Waals surface area contributed by atoms with Crippen molar-refractivity contribution in [3.63, 3.8) is 0 Å². The van der Waals surface area contributed by atoms with Crippen molar-refractivity contribution in [2.45, 2.75) is 44.5 Å². The first kappa shape index (κ1) is 23.7. The summed E-state index contributed by atoms with van der Waals surface area (Å²) in [5.41, 5.74) is 5.50. The number of pyridine rings is 1. The monoisotopic (exact) mass is 495 g/mol. The number of benzene rings is 2. The molecule has 1 aliphatic rings. The Labute approximate surface area is 205 Å². The number of urea groups is 1. The fourth-order valence-corrected chi connectivity index (χ4v) is 4.54. The van der Waals surface area contributed by atoms with Crippen LogP contribution in [-0.2, 0) is 0 Å². The number of nitrogens with zero attached hydrogens (tertiary/aromatic N) is 3. The molecule has 2 aromatic heterocycles. The van der Waals surface area contributed by atoms with Crippen molar-refractivity contribution in [3.8, 4) is 17.0 Å². The summed E-state index contributed by atoms with van der Waals surface area (Å²) in [4.78, 5) is 16.6. The van der Waals surface area contributed by atoms with Crippen LogP contribution in [0.15, 0.2) is 66.0 Å². The van der Waals surface area contributed by atoms with Gasteiger partial charge >= 0.3 is 12.4 Å². The molecule has 2 aromatic carbocycles. The van der Waals surface area contributed by atoms with Gasteiger partial charge in [0.25, 0.3) is 0 Å². The molecule has 10 heteroatoms. The lowest BCUT2D eigenvalue weighted by Gasteiger charge is -2.22. The summed E-state index contributed by atoms with van der Waals surface area (Å²) in [6, 6.07) is 13.3. The van der Waals surface area contributed by atoms with Crippen LogP contribution in [0.25, 0.3) is 27.7 Å². The number of hydrogen-bond acceptors (Lipinski definition) is 4. The second-order valence-corrected chi connectivity index (χ2v) is 8.75. The zero-order chi connectivity index (χ0) is 25.1. The number of imidazole rings is 1. The van der Waals surface area contributed by atoms with Gasteiger partial charge in [0.2, 0.25) is 0 Å². The van der Waals surface area contributed by atoms with Crippen molar-refractivity contribution < 1.29 is 22.7 Å². The molecule has 0 spiro atoms. The molecule has 7 nitrogen and oxygen atoms in total. The van der Waals surface area contributed by atoms with Crippen LogP contribution in [0, 0.1) is 0 Å². The molecule has 2 N–H and O–H groups in total.